The summed E-state index contributed by atoms with van der Waals surface area (Å²) >= 11 is 3.82. The number of benzene rings is 8. The van der Waals surface area contributed by atoms with Gasteiger partial charge in [0.25, 0.3) is 0 Å². The number of hydrogen-bond donors (Lipinski definition) is 0. The van der Waals surface area contributed by atoms with E-state index in [1.165, 1.54) is 135 Å². The van der Waals surface area contributed by atoms with Crippen LogP contribution >= 0.6 is 22.7 Å². The fraction of sp³-hybridized carbons (Fsp3) is 0.186. The summed E-state index contributed by atoms with van der Waals surface area (Å²) in [5.41, 5.74) is 20.1. The summed E-state index contributed by atoms with van der Waals surface area (Å²) in [6.45, 7) is 19.0. The minimum Gasteiger partial charge on any atom is -0.375 e. The molecule has 2 aliphatic heterocycles. The maximum absolute atomic E-state index is 2.77. The number of nitrogens with zero attached hydrogens (tertiary/aromatic N) is 2. The molecule has 0 radical (unpaired) electrons. The Morgan fingerprint density at radius 3 is 1.89 bits per heavy atom. The van der Waals surface area contributed by atoms with Gasteiger partial charge in [0.2, 0.25) is 0 Å². The van der Waals surface area contributed by atoms with Crippen molar-refractivity contribution in [2.75, 3.05) is 4.90 Å². The van der Waals surface area contributed by atoms with Crippen LogP contribution in [0.2, 0.25) is 0 Å². The maximum atomic E-state index is 2.77. The van der Waals surface area contributed by atoms with E-state index in [-0.39, 0.29) is 23.1 Å². The van der Waals surface area contributed by atoms with Crippen LogP contribution in [0, 0.1) is 0 Å². The maximum Gasteiger partial charge on any atom is 0.333 e. The lowest BCUT2D eigenvalue weighted by Crippen LogP contribution is -2.57. The van der Waals surface area contributed by atoms with Crippen molar-refractivity contribution in [2.45, 2.75) is 71.6 Å². The van der Waals surface area contributed by atoms with Crippen LogP contribution in [0.1, 0.15) is 77.6 Å². The topological polar surface area (TPSA) is 8.17 Å². The van der Waals surface area contributed by atoms with Gasteiger partial charge in [-0.15, -0.1) is 22.7 Å². The van der Waals surface area contributed by atoms with Gasteiger partial charge in [0.05, 0.1) is 0 Å². The molecular weight excluding hydrogens is 812 g/mol. The molecule has 5 heterocycles. The predicted octanol–water partition coefficient (Wildman–Crippen LogP) is 15.8. The Bertz CT molecular complexity index is 3920. The second-order valence-corrected chi connectivity index (χ2v) is 23.5. The summed E-state index contributed by atoms with van der Waals surface area (Å²) in [5, 5.41) is 8.01. The number of aromatic nitrogens is 1. The third-order valence-electron chi connectivity index (χ3n) is 15.2. The molecule has 0 spiro atoms. The number of anilines is 3. The molecule has 5 heteroatoms. The van der Waals surface area contributed by atoms with Crippen molar-refractivity contribution in [3.05, 3.63) is 162 Å². The highest BCUT2D eigenvalue weighted by Crippen LogP contribution is 2.58. The first-order chi connectivity index (χ1) is 30.8. The minimum atomic E-state index is -0.202. The highest BCUT2D eigenvalue weighted by molar-refractivity contribution is 7.26. The van der Waals surface area contributed by atoms with Crippen molar-refractivity contribution in [2.24, 2.45) is 0 Å². The largest absolute Gasteiger partial charge is 0.375 e. The highest BCUT2D eigenvalue weighted by Gasteiger charge is 2.48. The second kappa shape index (κ2) is 12.1. The molecule has 0 atom stereocenters. The number of rotatable bonds is 1. The van der Waals surface area contributed by atoms with Crippen LogP contribution in [0.15, 0.2) is 140 Å². The molecule has 3 aromatic heterocycles. The van der Waals surface area contributed by atoms with Crippen molar-refractivity contribution >= 4 is 120 Å². The zero-order valence-electron chi connectivity index (χ0n) is 37.6. The molecule has 0 saturated carbocycles. The average molecular weight is 859 g/mol. The summed E-state index contributed by atoms with van der Waals surface area (Å²) in [4.78, 5) is 2.67. The van der Waals surface area contributed by atoms with Crippen LogP contribution in [-0.4, -0.2) is 11.3 Å². The molecule has 2 nitrogen and oxygen atoms in total. The van der Waals surface area contributed by atoms with E-state index in [0.29, 0.717) is 0 Å². The average Bonchev–Trinajstić information content (AvgIpc) is 4.00. The molecule has 1 aliphatic carbocycles. The Labute approximate surface area is 382 Å². The molecule has 308 valence electrons. The van der Waals surface area contributed by atoms with Gasteiger partial charge in [0.1, 0.15) is 0 Å². The first kappa shape index (κ1) is 37.3. The van der Waals surface area contributed by atoms with Crippen LogP contribution in [0.4, 0.5) is 17.1 Å². The van der Waals surface area contributed by atoms with Gasteiger partial charge in [-0.2, -0.15) is 0 Å². The Morgan fingerprint density at radius 1 is 0.484 bits per heavy atom. The van der Waals surface area contributed by atoms with Gasteiger partial charge in [0.15, 0.2) is 0 Å². The van der Waals surface area contributed by atoms with E-state index in [9.17, 15) is 0 Å². The van der Waals surface area contributed by atoms with E-state index in [1.54, 1.807) is 0 Å². The number of fused-ring (bicyclic) bond motifs is 17. The molecule has 64 heavy (non-hydrogen) atoms. The molecular formula is C59H47BN2S2. The van der Waals surface area contributed by atoms with Gasteiger partial charge in [-0.05, 0) is 133 Å². The Balaban J connectivity index is 1.21. The number of thiophene rings is 2. The lowest BCUT2D eigenvalue weighted by Gasteiger charge is -2.42. The van der Waals surface area contributed by atoms with Crippen LogP contribution in [0.5, 0.6) is 0 Å². The van der Waals surface area contributed by atoms with Crippen LogP contribution in [0.3, 0.4) is 0 Å². The van der Waals surface area contributed by atoms with Crippen LogP contribution in [0.25, 0.3) is 84.4 Å². The van der Waals surface area contributed by atoms with Gasteiger partial charge < -0.3 is 9.38 Å². The summed E-state index contributed by atoms with van der Waals surface area (Å²) in [7, 11) is 0. The van der Waals surface area contributed by atoms with E-state index in [2.05, 4.69) is 204 Å². The standard InChI is InChI=1S/C59H47BN2S2/c1-57(2,3)32-21-23-46-38(25-32)41-26-33(58(4,5)6)27-42-54-53-37-17-9-12-18-43(37)59(7,8)44(53)30-48-55(54)60(62(46)56(41)42)45-31-52-40(36-16-11-14-20-50(36)64-52)29-47(45)61(48)34-22-24-51-39(28-34)35-15-10-13-19-49(35)63-51/h9-31H,1-8H3. The third kappa shape index (κ3) is 4.71. The molecule has 0 fully saturated rings. The van der Waals surface area contributed by atoms with Crippen LogP contribution < -0.4 is 15.8 Å². The zero-order valence-corrected chi connectivity index (χ0v) is 39.2. The molecule has 8 aromatic carbocycles. The summed E-state index contributed by atoms with van der Waals surface area (Å²) in [6, 6.07) is 54.7. The summed E-state index contributed by atoms with van der Waals surface area (Å²) in [6.07, 6.45) is 0. The first-order valence-corrected chi connectivity index (χ1v) is 24.5. The minimum absolute atomic E-state index is 0.0130. The van der Waals surface area contributed by atoms with Crippen molar-refractivity contribution in [3.8, 4) is 22.3 Å². The second-order valence-electron chi connectivity index (χ2n) is 21.3. The monoisotopic (exact) mass is 858 g/mol. The van der Waals surface area contributed by atoms with Gasteiger partial charge in [-0.3, -0.25) is 0 Å². The molecule has 0 N–H and O–H groups in total. The quantitative estimate of drug-likeness (QED) is 0.149. The molecule has 11 aromatic rings. The fourth-order valence-corrected chi connectivity index (χ4v) is 14.2. The predicted molar refractivity (Wildman–Crippen MR) is 281 cm³/mol. The van der Waals surface area contributed by atoms with Gasteiger partial charge >= 0.3 is 6.85 Å². The van der Waals surface area contributed by atoms with Crippen molar-refractivity contribution in [1.29, 1.82) is 0 Å². The molecule has 0 bridgehead atoms. The van der Waals surface area contributed by atoms with Crippen molar-refractivity contribution < 1.29 is 0 Å². The van der Waals surface area contributed by atoms with Gasteiger partial charge in [-0.1, -0.05) is 122 Å². The van der Waals surface area contributed by atoms with Crippen LogP contribution in [-0.2, 0) is 16.2 Å². The van der Waals surface area contributed by atoms with Gasteiger partial charge in [-0.25, -0.2) is 0 Å². The lowest BCUT2D eigenvalue weighted by molar-refractivity contribution is 0.590. The summed E-state index contributed by atoms with van der Waals surface area (Å²) in [5.74, 6) is 0. The van der Waals surface area contributed by atoms with E-state index in [4.69, 9.17) is 0 Å². The van der Waals surface area contributed by atoms with Gasteiger partial charge in [0, 0.05) is 90.2 Å². The zero-order chi connectivity index (χ0) is 43.3. The number of hydrogen-bond acceptors (Lipinski definition) is 3. The Kier molecular flexibility index (Phi) is 7.07. The summed E-state index contributed by atoms with van der Waals surface area (Å²) < 4.78 is 8.10. The van der Waals surface area contributed by atoms with E-state index in [0.717, 1.165) is 0 Å². The lowest BCUT2D eigenvalue weighted by atomic mass is 9.44. The first-order valence-electron chi connectivity index (χ1n) is 22.9. The van der Waals surface area contributed by atoms with E-state index < -0.39 is 0 Å². The molecule has 3 aliphatic rings. The smallest absolute Gasteiger partial charge is 0.333 e. The molecule has 14 rings (SSSR count). The van der Waals surface area contributed by atoms with Crippen molar-refractivity contribution in [3.63, 3.8) is 0 Å². The Morgan fingerprint density at radius 2 is 1.14 bits per heavy atom. The van der Waals surface area contributed by atoms with Crippen molar-refractivity contribution in [1.82, 2.24) is 4.48 Å². The molecule has 0 amide bonds. The van der Waals surface area contributed by atoms with E-state index in [1.807, 2.05) is 22.7 Å². The molecule has 0 saturated heterocycles. The SMILES string of the molecule is CC(C)(C)c1ccc2c(c1)c1cc(C(C)(C)C)cc3c1n2B1c2cc4sc5ccccc5c4cc2N(c2ccc4sc5ccccc5c4c2)c2cc4c(c-3c21)-c1ccccc1C4(C)C. The molecule has 0 unspecified atom stereocenters. The fourth-order valence-electron chi connectivity index (χ4n) is 12.0. The third-order valence-corrected chi connectivity index (χ3v) is 17.5. The normalized spacial score (nSPS) is 14.9. The highest BCUT2D eigenvalue weighted by atomic mass is 32.1. The Hall–Kier alpha value is -6.14. The van der Waals surface area contributed by atoms with E-state index >= 15 is 0 Å².